The third-order valence-corrected chi connectivity index (χ3v) is 7.10. The third kappa shape index (κ3) is 6.08. The Morgan fingerprint density at radius 3 is 2.72 bits per heavy atom. The van der Waals surface area contributed by atoms with Crippen LogP contribution < -0.4 is 5.32 Å². The van der Waals surface area contributed by atoms with Crippen molar-refractivity contribution in [2.24, 2.45) is 0 Å². The van der Waals surface area contributed by atoms with E-state index in [1.54, 1.807) is 11.3 Å². The maximum atomic E-state index is 12.5. The Hall–Kier alpha value is -2.91. The van der Waals surface area contributed by atoms with Crippen molar-refractivity contribution in [2.75, 3.05) is 19.6 Å². The fourth-order valence-corrected chi connectivity index (χ4v) is 5.17. The molecule has 2 aliphatic rings. The quantitative estimate of drug-likeness (QED) is 0.541. The van der Waals surface area contributed by atoms with Crippen LogP contribution in [0.15, 0.2) is 47.4 Å². The van der Waals surface area contributed by atoms with E-state index in [-0.39, 0.29) is 11.8 Å². The third-order valence-electron chi connectivity index (χ3n) is 6.09. The minimum atomic E-state index is -0.125. The summed E-state index contributed by atoms with van der Waals surface area (Å²) in [5, 5.41) is 5.86. The van der Waals surface area contributed by atoms with E-state index in [1.807, 2.05) is 40.6 Å². The van der Waals surface area contributed by atoms with E-state index in [2.05, 4.69) is 28.2 Å². The summed E-state index contributed by atoms with van der Waals surface area (Å²) in [4.78, 5) is 31.3. The second kappa shape index (κ2) is 11.1. The van der Waals surface area contributed by atoms with Gasteiger partial charge in [0.15, 0.2) is 0 Å². The van der Waals surface area contributed by atoms with Gasteiger partial charge in [0, 0.05) is 42.4 Å². The molecule has 6 heteroatoms. The van der Waals surface area contributed by atoms with Crippen LogP contribution in [-0.2, 0) is 4.79 Å². The van der Waals surface area contributed by atoms with Gasteiger partial charge in [0.1, 0.15) is 5.69 Å². The number of carbonyl (C=O) groups is 2. The van der Waals surface area contributed by atoms with Gasteiger partial charge in [-0.3, -0.25) is 9.59 Å². The number of allylic oxidation sites excluding steroid dienone is 1. The molecule has 0 atom stereocenters. The molecule has 32 heavy (non-hydrogen) atoms. The van der Waals surface area contributed by atoms with Crippen molar-refractivity contribution in [3.8, 4) is 11.8 Å². The normalized spacial score (nSPS) is 16.6. The number of nitrogens with zero attached hydrogens (tertiary/aromatic N) is 2. The lowest BCUT2D eigenvalue weighted by Gasteiger charge is -2.29. The van der Waals surface area contributed by atoms with E-state index < -0.39 is 0 Å². The number of nitrogens with one attached hydrogen (secondary N) is 1. The Labute approximate surface area is 193 Å². The Morgan fingerprint density at radius 2 is 1.97 bits per heavy atom. The molecular weight excluding hydrogens is 418 g/mol. The first-order chi connectivity index (χ1) is 15.7. The SMILES string of the molecule is O=C(NCCC1=CCCCC1)c1csc(C2CCN(C(=O)C#Cc3ccccc3)CC2)n1. The first-order valence-corrected chi connectivity index (χ1v) is 12.3. The van der Waals surface area contributed by atoms with E-state index in [4.69, 9.17) is 0 Å². The van der Waals surface area contributed by atoms with E-state index in [9.17, 15) is 9.59 Å². The van der Waals surface area contributed by atoms with Gasteiger partial charge in [-0.1, -0.05) is 35.8 Å². The van der Waals surface area contributed by atoms with Crippen molar-refractivity contribution in [1.29, 1.82) is 0 Å². The molecule has 5 nitrogen and oxygen atoms in total. The second-order valence-corrected chi connectivity index (χ2v) is 9.26. The molecule has 1 aromatic heterocycles. The number of thiazole rings is 1. The van der Waals surface area contributed by atoms with Crippen LogP contribution in [0, 0.1) is 11.8 Å². The zero-order valence-electron chi connectivity index (χ0n) is 18.3. The summed E-state index contributed by atoms with van der Waals surface area (Å²) >= 11 is 1.55. The number of carbonyl (C=O) groups excluding carboxylic acids is 2. The summed E-state index contributed by atoms with van der Waals surface area (Å²) in [6, 6.07) is 9.56. The molecule has 0 radical (unpaired) electrons. The van der Waals surface area contributed by atoms with E-state index in [0.717, 1.165) is 36.3 Å². The average Bonchev–Trinajstić information content (AvgIpc) is 3.34. The standard InChI is InChI=1S/C26H29N3O2S/c30-24(12-11-20-7-3-1-4-8-20)29-17-14-22(15-18-29)26-28-23(19-32-26)25(31)27-16-13-21-9-5-2-6-10-21/h1,3-4,7-9,19,22H,2,5-6,10,13-18H2,(H,27,31). The van der Waals surface area contributed by atoms with Crippen LogP contribution >= 0.6 is 11.3 Å². The molecule has 1 fully saturated rings. The molecule has 166 valence electrons. The van der Waals surface area contributed by atoms with Crippen LogP contribution in [0.3, 0.4) is 0 Å². The Kier molecular flexibility index (Phi) is 7.73. The molecule has 1 aliphatic heterocycles. The molecule has 1 aromatic carbocycles. The molecule has 0 unspecified atom stereocenters. The Bertz CT molecular complexity index is 1020. The van der Waals surface area contributed by atoms with Crippen LogP contribution in [0.1, 0.15) is 71.9 Å². The van der Waals surface area contributed by atoms with Crippen molar-refractivity contribution in [3.05, 3.63) is 63.6 Å². The van der Waals surface area contributed by atoms with Crippen LogP contribution in [0.5, 0.6) is 0 Å². The summed E-state index contributed by atoms with van der Waals surface area (Å²) in [5.41, 5.74) is 2.82. The molecule has 1 saturated heterocycles. The minimum absolute atomic E-state index is 0.0901. The second-order valence-electron chi connectivity index (χ2n) is 8.37. The lowest BCUT2D eigenvalue weighted by Crippen LogP contribution is -2.37. The van der Waals surface area contributed by atoms with E-state index >= 15 is 0 Å². The predicted molar refractivity (Wildman–Crippen MR) is 127 cm³/mol. The van der Waals surface area contributed by atoms with Crippen molar-refractivity contribution < 1.29 is 9.59 Å². The van der Waals surface area contributed by atoms with Gasteiger partial charge in [-0.15, -0.1) is 11.3 Å². The van der Waals surface area contributed by atoms with Gasteiger partial charge in [-0.2, -0.15) is 0 Å². The van der Waals surface area contributed by atoms with Crippen LogP contribution in [0.2, 0.25) is 0 Å². The number of piperidine rings is 1. The monoisotopic (exact) mass is 447 g/mol. The van der Waals surface area contributed by atoms with E-state index in [0.29, 0.717) is 31.2 Å². The van der Waals surface area contributed by atoms with Gasteiger partial charge < -0.3 is 10.2 Å². The molecule has 1 aliphatic carbocycles. The maximum Gasteiger partial charge on any atom is 0.298 e. The summed E-state index contributed by atoms with van der Waals surface area (Å²) < 4.78 is 0. The van der Waals surface area contributed by atoms with E-state index in [1.165, 1.54) is 24.8 Å². The van der Waals surface area contributed by atoms with Crippen molar-refractivity contribution >= 4 is 23.2 Å². The zero-order chi connectivity index (χ0) is 22.2. The lowest BCUT2D eigenvalue weighted by atomic mass is 9.97. The topological polar surface area (TPSA) is 62.3 Å². The van der Waals surface area contributed by atoms with Crippen molar-refractivity contribution in [3.63, 3.8) is 0 Å². The van der Waals surface area contributed by atoms with Crippen molar-refractivity contribution in [2.45, 2.75) is 50.9 Å². The number of rotatable bonds is 5. The van der Waals surface area contributed by atoms with Crippen molar-refractivity contribution in [1.82, 2.24) is 15.2 Å². The molecule has 1 N–H and O–H groups in total. The highest BCUT2D eigenvalue weighted by molar-refractivity contribution is 7.09. The largest absolute Gasteiger partial charge is 0.350 e. The Balaban J connectivity index is 1.23. The van der Waals surface area contributed by atoms with Crippen LogP contribution in [0.25, 0.3) is 0 Å². The van der Waals surface area contributed by atoms with Gasteiger partial charge in [0.25, 0.3) is 11.8 Å². The summed E-state index contributed by atoms with van der Waals surface area (Å²) in [5.74, 6) is 5.77. The molecule has 0 saturated carbocycles. The number of amides is 2. The highest BCUT2D eigenvalue weighted by atomic mass is 32.1. The number of likely N-dealkylation sites (tertiary alicyclic amines) is 1. The first kappa shape index (κ1) is 22.3. The van der Waals surface area contributed by atoms with Gasteiger partial charge in [-0.25, -0.2) is 4.98 Å². The van der Waals surface area contributed by atoms with Gasteiger partial charge >= 0.3 is 0 Å². The predicted octanol–water partition coefficient (Wildman–Crippen LogP) is 4.52. The fraction of sp³-hybridized carbons (Fsp3) is 0.423. The molecule has 2 heterocycles. The van der Waals surface area contributed by atoms with Crippen LogP contribution in [0.4, 0.5) is 0 Å². The average molecular weight is 448 g/mol. The number of benzene rings is 1. The highest BCUT2D eigenvalue weighted by Crippen LogP contribution is 2.30. The summed E-state index contributed by atoms with van der Waals surface area (Å²) in [6.45, 7) is 2.01. The Morgan fingerprint density at radius 1 is 1.16 bits per heavy atom. The molecular formula is C26H29N3O2S. The zero-order valence-corrected chi connectivity index (χ0v) is 19.1. The van der Waals surface area contributed by atoms with Gasteiger partial charge in [0.05, 0.1) is 5.01 Å². The summed E-state index contributed by atoms with van der Waals surface area (Å²) in [7, 11) is 0. The smallest absolute Gasteiger partial charge is 0.298 e. The molecule has 2 aromatic rings. The molecule has 4 rings (SSSR count). The molecule has 0 spiro atoms. The minimum Gasteiger partial charge on any atom is -0.350 e. The molecule has 0 bridgehead atoms. The number of aromatic nitrogens is 1. The lowest BCUT2D eigenvalue weighted by molar-refractivity contribution is -0.126. The fourth-order valence-electron chi connectivity index (χ4n) is 4.19. The first-order valence-electron chi connectivity index (χ1n) is 11.5. The summed E-state index contributed by atoms with van der Waals surface area (Å²) in [6.07, 6.45) is 9.83. The highest BCUT2D eigenvalue weighted by Gasteiger charge is 2.25. The molecule has 2 amide bonds. The number of hydrogen-bond acceptors (Lipinski definition) is 4. The van der Waals surface area contributed by atoms with Gasteiger partial charge in [0.2, 0.25) is 0 Å². The van der Waals surface area contributed by atoms with Gasteiger partial charge in [-0.05, 0) is 57.1 Å². The number of hydrogen-bond donors (Lipinski definition) is 1. The maximum absolute atomic E-state index is 12.5. The van der Waals surface area contributed by atoms with Crippen LogP contribution in [-0.4, -0.2) is 41.3 Å².